The van der Waals surface area contributed by atoms with Crippen LogP contribution >= 0.6 is 35.3 Å². The Morgan fingerprint density at radius 2 is 1.83 bits per heavy atom. The number of thioether (sulfide) groups is 3. The van der Waals surface area contributed by atoms with E-state index in [0.717, 1.165) is 35.3 Å². The van der Waals surface area contributed by atoms with Crippen LogP contribution in [-0.4, -0.2) is 9.85 Å². The third-order valence-corrected chi connectivity index (χ3v) is 5.81. The quantitative estimate of drug-likeness (QED) is 0.582. The molecular weight excluding hydrogens is 244 g/mol. The standard InChI is InChI=1S/C4H5ClO4S3/c1-10-4(9-5(6,7)8)11-2-3-12-4/h2-3H,1H3. The second-order valence-electron chi connectivity index (χ2n) is 1.67. The number of hydrogen-bond donors (Lipinski definition) is 0. The van der Waals surface area contributed by atoms with Gasteiger partial charge in [-0.25, -0.2) is 0 Å². The Morgan fingerprint density at radius 1 is 1.33 bits per heavy atom. The second kappa shape index (κ2) is 3.97. The van der Waals surface area contributed by atoms with E-state index in [2.05, 4.69) is 4.29 Å². The Balaban J connectivity index is 2.57. The molecule has 8 heteroatoms. The van der Waals surface area contributed by atoms with Crippen molar-refractivity contribution in [1.29, 1.82) is 0 Å². The average Bonchev–Trinajstić information content (AvgIpc) is 2.34. The van der Waals surface area contributed by atoms with Crippen LogP contribution in [0, 0.1) is 10.2 Å². The van der Waals surface area contributed by atoms with Crippen LogP contribution in [0.2, 0.25) is 0 Å². The Bertz CT molecular complexity index is 183. The normalized spacial score (nSPS) is 21.7. The van der Waals surface area contributed by atoms with Crippen molar-refractivity contribution >= 4 is 35.3 Å². The summed E-state index contributed by atoms with van der Waals surface area (Å²) >= 11 is 3.47. The predicted octanol–water partition coefficient (Wildman–Crippen LogP) is -1.17. The van der Waals surface area contributed by atoms with E-state index in [1.165, 1.54) is 0 Å². The summed E-state index contributed by atoms with van der Waals surface area (Å²) in [6.45, 7) is 0. The van der Waals surface area contributed by atoms with Gasteiger partial charge in [0.15, 0.2) is 0 Å². The molecule has 0 radical (unpaired) electrons. The van der Waals surface area contributed by atoms with Gasteiger partial charge < -0.3 is 0 Å². The lowest BCUT2D eigenvalue weighted by molar-refractivity contribution is -1.92. The number of hydrogen-bond acceptors (Lipinski definition) is 7. The molecule has 0 amide bonds. The second-order valence-corrected chi connectivity index (χ2v) is 6.50. The zero-order valence-electron chi connectivity index (χ0n) is 5.89. The molecule has 12 heavy (non-hydrogen) atoms. The molecule has 0 aliphatic carbocycles. The van der Waals surface area contributed by atoms with Crippen LogP contribution in [0.15, 0.2) is 10.8 Å². The van der Waals surface area contributed by atoms with Crippen molar-refractivity contribution in [3.63, 3.8) is 0 Å². The summed E-state index contributed by atoms with van der Waals surface area (Å²) in [5.41, 5.74) is 0. The van der Waals surface area contributed by atoms with Crippen molar-refractivity contribution in [2.24, 2.45) is 0 Å². The van der Waals surface area contributed by atoms with Crippen LogP contribution in [-0.2, 0) is 4.29 Å². The van der Waals surface area contributed by atoms with Crippen molar-refractivity contribution in [3.8, 4) is 0 Å². The van der Waals surface area contributed by atoms with E-state index < -0.39 is 13.8 Å². The molecule has 0 saturated carbocycles. The average molecular weight is 249 g/mol. The maximum absolute atomic E-state index is 10.3. The summed E-state index contributed by atoms with van der Waals surface area (Å²) in [6, 6.07) is 0. The molecule has 0 aromatic carbocycles. The van der Waals surface area contributed by atoms with Crippen molar-refractivity contribution in [2.75, 3.05) is 6.26 Å². The molecule has 0 spiro atoms. The van der Waals surface area contributed by atoms with Crippen molar-refractivity contribution < 1.29 is 28.5 Å². The van der Waals surface area contributed by atoms with E-state index in [4.69, 9.17) is 0 Å². The minimum Gasteiger partial charge on any atom is -0.183 e. The smallest absolute Gasteiger partial charge is 0.183 e. The lowest BCUT2D eigenvalue weighted by atomic mass is 11.3. The van der Waals surface area contributed by atoms with Gasteiger partial charge >= 0.3 is 3.60 Å². The summed E-state index contributed by atoms with van der Waals surface area (Å²) in [7, 11) is -4.36. The zero-order chi connectivity index (χ0) is 9.24. The molecular formula is C4H5ClO4S3. The van der Waals surface area contributed by atoms with E-state index in [1.54, 1.807) is 17.1 Å². The maximum atomic E-state index is 10.3. The third-order valence-electron chi connectivity index (χ3n) is 0.919. The minimum absolute atomic E-state index is 1.05. The molecule has 0 saturated heterocycles. The van der Waals surface area contributed by atoms with E-state index in [9.17, 15) is 14.0 Å². The first-order valence-corrected chi connectivity index (χ1v) is 6.87. The third kappa shape index (κ3) is 3.00. The van der Waals surface area contributed by atoms with Gasteiger partial charge in [0.1, 0.15) is 4.29 Å². The molecule has 0 bridgehead atoms. The highest BCUT2D eigenvalue weighted by molar-refractivity contribution is 8.36. The number of halogens is 1. The van der Waals surface area contributed by atoms with Crippen molar-refractivity contribution in [2.45, 2.75) is 3.60 Å². The van der Waals surface area contributed by atoms with Gasteiger partial charge in [-0.15, -0.1) is 0 Å². The summed E-state index contributed by atoms with van der Waals surface area (Å²) in [5.74, 6) is 0. The molecule has 0 atom stereocenters. The van der Waals surface area contributed by atoms with Gasteiger partial charge in [0.05, 0.1) is 10.2 Å². The fourth-order valence-electron chi connectivity index (χ4n) is 0.530. The first-order chi connectivity index (χ1) is 5.47. The highest BCUT2D eigenvalue weighted by Crippen LogP contribution is 2.53. The van der Waals surface area contributed by atoms with Gasteiger partial charge in [-0.2, -0.15) is 14.0 Å². The Labute approximate surface area is 84.5 Å². The first kappa shape index (κ1) is 11.0. The van der Waals surface area contributed by atoms with Crippen LogP contribution in [0.4, 0.5) is 0 Å². The fourth-order valence-corrected chi connectivity index (χ4v) is 4.44. The van der Waals surface area contributed by atoms with Crippen LogP contribution in [0.25, 0.3) is 0 Å². The fraction of sp³-hybridized carbons (Fsp3) is 0.500. The molecule has 0 unspecified atom stereocenters. The molecule has 0 fully saturated rings. The van der Waals surface area contributed by atoms with Crippen LogP contribution < -0.4 is 14.0 Å². The van der Waals surface area contributed by atoms with Gasteiger partial charge in [0.25, 0.3) is 0 Å². The van der Waals surface area contributed by atoms with E-state index >= 15 is 0 Å². The summed E-state index contributed by atoms with van der Waals surface area (Å²) in [5, 5.41) is 3.36. The highest BCUT2D eigenvalue weighted by Gasteiger charge is 2.48. The highest BCUT2D eigenvalue weighted by atomic mass is 35.7. The van der Waals surface area contributed by atoms with E-state index in [1.807, 2.05) is 0 Å². The Kier molecular flexibility index (Phi) is 3.64. The summed E-state index contributed by atoms with van der Waals surface area (Å²) in [6.07, 6.45) is 1.67. The van der Waals surface area contributed by atoms with Gasteiger partial charge in [-0.05, 0) is 17.1 Å². The first-order valence-electron chi connectivity index (χ1n) is 2.65. The summed E-state index contributed by atoms with van der Waals surface area (Å²) in [4.78, 5) is 0. The largest absolute Gasteiger partial charge is 0.369 e. The molecule has 0 aromatic heterocycles. The van der Waals surface area contributed by atoms with Crippen LogP contribution in [0.1, 0.15) is 0 Å². The van der Waals surface area contributed by atoms with E-state index in [0.29, 0.717) is 0 Å². The van der Waals surface area contributed by atoms with Gasteiger partial charge in [-0.1, -0.05) is 35.3 Å². The predicted molar refractivity (Wildman–Crippen MR) is 41.7 cm³/mol. The minimum atomic E-state index is -4.36. The Hall–Kier alpha value is 0.920. The lowest BCUT2D eigenvalue weighted by Gasteiger charge is -2.22. The van der Waals surface area contributed by atoms with Crippen LogP contribution in [0.3, 0.4) is 0 Å². The molecule has 1 heterocycles. The van der Waals surface area contributed by atoms with Gasteiger partial charge in [0, 0.05) is 0 Å². The molecule has 4 nitrogen and oxygen atoms in total. The van der Waals surface area contributed by atoms with Crippen molar-refractivity contribution in [3.05, 3.63) is 10.8 Å². The number of rotatable bonds is 3. The molecule has 0 N–H and O–H groups in total. The van der Waals surface area contributed by atoms with Gasteiger partial charge in [-0.3, -0.25) is 0 Å². The van der Waals surface area contributed by atoms with E-state index in [-0.39, 0.29) is 0 Å². The van der Waals surface area contributed by atoms with Gasteiger partial charge in [0.2, 0.25) is 0 Å². The molecule has 70 valence electrons. The molecule has 0 aromatic rings. The molecule has 1 rings (SSSR count). The zero-order valence-corrected chi connectivity index (χ0v) is 9.10. The maximum Gasteiger partial charge on any atom is 0.369 e. The van der Waals surface area contributed by atoms with Crippen molar-refractivity contribution in [1.82, 2.24) is 0 Å². The van der Waals surface area contributed by atoms with Crippen LogP contribution in [0.5, 0.6) is 0 Å². The monoisotopic (exact) mass is 248 g/mol. The molecule has 1 aliphatic rings. The topological polar surface area (TPSA) is 78.4 Å². The summed E-state index contributed by atoms with van der Waals surface area (Å²) < 4.78 is 34.1. The SMILES string of the molecule is CSC1(O[Cl+3]([O-])([O-])[O-])SC=CS1. The Morgan fingerprint density at radius 3 is 2.17 bits per heavy atom. The molecule has 1 aliphatic heterocycles. The lowest BCUT2D eigenvalue weighted by Crippen LogP contribution is -2.63.